The Labute approximate surface area is 187 Å². The lowest BCUT2D eigenvalue weighted by Crippen LogP contribution is -2.42. The number of ether oxygens (including phenoxy) is 2. The van der Waals surface area contributed by atoms with E-state index in [2.05, 4.69) is 4.90 Å². The zero-order valence-corrected chi connectivity index (χ0v) is 18.4. The molecule has 2 aliphatic rings. The van der Waals surface area contributed by atoms with Crippen molar-refractivity contribution >= 4 is 34.6 Å². The van der Waals surface area contributed by atoms with E-state index in [9.17, 15) is 14.4 Å². The van der Waals surface area contributed by atoms with Crippen molar-refractivity contribution in [3.63, 3.8) is 0 Å². The number of carbonyl (C=O) groups is 3. The molecule has 0 atom stereocenters. The predicted molar refractivity (Wildman–Crippen MR) is 119 cm³/mol. The molecule has 2 aromatic rings. The first-order chi connectivity index (χ1) is 15.6. The largest absolute Gasteiger partial charge is 0.466 e. The fourth-order valence-corrected chi connectivity index (χ4v) is 4.35. The van der Waals surface area contributed by atoms with Crippen LogP contribution < -0.4 is 4.90 Å². The van der Waals surface area contributed by atoms with Gasteiger partial charge in [-0.2, -0.15) is 0 Å². The van der Waals surface area contributed by atoms with Gasteiger partial charge in [0, 0.05) is 31.6 Å². The number of rotatable bonds is 6. The first-order valence-corrected chi connectivity index (χ1v) is 11.3. The molecule has 1 aromatic carbocycles. The summed E-state index contributed by atoms with van der Waals surface area (Å²) in [7, 11) is 0. The van der Waals surface area contributed by atoms with Crippen molar-refractivity contribution in [2.75, 3.05) is 44.3 Å². The Hall–Kier alpha value is -3.16. The summed E-state index contributed by atoms with van der Waals surface area (Å²) in [5.41, 5.74) is 1.21. The number of aromatic nitrogens is 1. The van der Waals surface area contributed by atoms with Gasteiger partial charge in [-0.15, -0.1) is 0 Å². The van der Waals surface area contributed by atoms with Crippen LogP contribution >= 0.6 is 0 Å². The summed E-state index contributed by atoms with van der Waals surface area (Å²) in [5.74, 6) is -0.552. The molecule has 170 valence electrons. The monoisotopic (exact) mass is 439 g/mol. The van der Waals surface area contributed by atoms with E-state index in [0.717, 1.165) is 36.8 Å². The number of esters is 2. The third kappa shape index (κ3) is 4.84. The van der Waals surface area contributed by atoms with E-state index >= 15 is 0 Å². The zero-order valence-electron chi connectivity index (χ0n) is 18.4. The van der Waals surface area contributed by atoms with Gasteiger partial charge in [-0.1, -0.05) is 18.2 Å². The molecule has 0 aliphatic carbocycles. The molecule has 0 bridgehead atoms. The second-order valence-corrected chi connectivity index (χ2v) is 8.23. The van der Waals surface area contributed by atoms with Crippen molar-refractivity contribution in [1.29, 1.82) is 0 Å². The fourth-order valence-electron chi connectivity index (χ4n) is 4.35. The summed E-state index contributed by atoms with van der Waals surface area (Å²) in [6.45, 7) is 4.42. The van der Waals surface area contributed by atoms with Crippen molar-refractivity contribution in [2.45, 2.75) is 32.6 Å². The zero-order chi connectivity index (χ0) is 22.5. The highest BCUT2D eigenvalue weighted by atomic mass is 16.5. The van der Waals surface area contributed by atoms with Gasteiger partial charge in [0.25, 0.3) is 5.91 Å². The van der Waals surface area contributed by atoms with Crippen LogP contribution in [0.1, 0.15) is 43.0 Å². The van der Waals surface area contributed by atoms with Gasteiger partial charge in [-0.3, -0.25) is 9.59 Å². The number of likely N-dealkylation sites (tertiary alicyclic amines) is 1. The van der Waals surface area contributed by atoms with Crippen molar-refractivity contribution in [3.05, 3.63) is 35.9 Å². The molecule has 3 heterocycles. The van der Waals surface area contributed by atoms with E-state index in [-0.39, 0.29) is 24.4 Å². The van der Waals surface area contributed by atoms with Crippen LogP contribution in [0.15, 0.2) is 30.3 Å². The van der Waals surface area contributed by atoms with Crippen molar-refractivity contribution in [1.82, 2.24) is 9.88 Å². The van der Waals surface area contributed by atoms with E-state index in [4.69, 9.17) is 14.5 Å². The summed E-state index contributed by atoms with van der Waals surface area (Å²) >= 11 is 0. The quantitative estimate of drug-likeness (QED) is 0.640. The van der Waals surface area contributed by atoms with Crippen molar-refractivity contribution < 1.29 is 23.9 Å². The Morgan fingerprint density at radius 1 is 1.03 bits per heavy atom. The number of hydrogen-bond donors (Lipinski definition) is 0. The summed E-state index contributed by atoms with van der Waals surface area (Å²) < 4.78 is 10.5. The second-order valence-electron chi connectivity index (χ2n) is 8.23. The minimum absolute atomic E-state index is 0.173. The van der Waals surface area contributed by atoms with E-state index in [1.807, 2.05) is 24.3 Å². The van der Waals surface area contributed by atoms with Gasteiger partial charge >= 0.3 is 11.9 Å². The summed E-state index contributed by atoms with van der Waals surface area (Å²) in [5, 5.41) is 0.856. The first-order valence-electron chi connectivity index (χ1n) is 11.3. The van der Waals surface area contributed by atoms with Crippen LogP contribution in [-0.4, -0.2) is 67.1 Å². The predicted octanol–water partition coefficient (Wildman–Crippen LogP) is 2.79. The normalized spacial score (nSPS) is 16.9. The highest BCUT2D eigenvalue weighted by Crippen LogP contribution is 2.27. The van der Waals surface area contributed by atoms with E-state index in [1.165, 1.54) is 0 Å². The molecule has 0 radical (unpaired) electrons. The SMILES string of the molecule is CCOC(=O)C1CCN(C(=O)COC(=O)c2cc3ccccc3nc2N2CCCC2)CC1. The number of anilines is 1. The number of fused-ring (bicyclic) bond motifs is 1. The van der Waals surface area contributed by atoms with Gasteiger partial charge < -0.3 is 19.3 Å². The molecule has 1 amide bonds. The van der Waals surface area contributed by atoms with Crippen LogP contribution in [0.5, 0.6) is 0 Å². The van der Waals surface area contributed by atoms with Gasteiger partial charge in [-0.05, 0) is 44.7 Å². The lowest BCUT2D eigenvalue weighted by Gasteiger charge is -2.30. The van der Waals surface area contributed by atoms with Crippen LogP contribution in [0.25, 0.3) is 10.9 Å². The Bertz CT molecular complexity index is 994. The van der Waals surface area contributed by atoms with Crippen LogP contribution in [0.2, 0.25) is 0 Å². The molecule has 0 saturated carbocycles. The van der Waals surface area contributed by atoms with Crippen molar-refractivity contribution in [2.24, 2.45) is 5.92 Å². The summed E-state index contributed by atoms with van der Waals surface area (Å²) in [6, 6.07) is 9.45. The minimum atomic E-state index is -0.542. The number of pyridine rings is 1. The average Bonchev–Trinajstić information content (AvgIpc) is 3.36. The molecule has 0 unspecified atom stereocenters. The highest BCUT2D eigenvalue weighted by molar-refractivity contribution is 6.00. The van der Waals surface area contributed by atoms with Crippen LogP contribution in [0.4, 0.5) is 5.82 Å². The van der Waals surface area contributed by atoms with E-state index < -0.39 is 5.97 Å². The molecular weight excluding hydrogens is 410 g/mol. The maximum Gasteiger partial charge on any atom is 0.342 e. The number of para-hydroxylation sites is 1. The molecule has 2 aliphatic heterocycles. The molecule has 8 heteroatoms. The number of carbonyl (C=O) groups excluding carboxylic acids is 3. The lowest BCUT2D eigenvalue weighted by atomic mass is 9.97. The van der Waals surface area contributed by atoms with Gasteiger partial charge in [0.05, 0.1) is 18.0 Å². The highest BCUT2D eigenvalue weighted by Gasteiger charge is 2.29. The van der Waals surface area contributed by atoms with Gasteiger partial charge in [0.1, 0.15) is 11.4 Å². The molecule has 2 fully saturated rings. The molecule has 2 saturated heterocycles. The number of benzene rings is 1. The molecule has 4 rings (SSSR count). The maximum absolute atomic E-state index is 12.9. The summed E-state index contributed by atoms with van der Waals surface area (Å²) in [4.78, 5) is 45.9. The molecule has 0 N–H and O–H groups in total. The van der Waals surface area contributed by atoms with Crippen molar-refractivity contribution in [3.8, 4) is 0 Å². The first kappa shape index (κ1) is 22.0. The topological polar surface area (TPSA) is 89.0 Å². The maximum atomic E-state index is 12.9. The smallest absolute Gasteiger partial charge is 0.342 e. The Morgan fingerprint density at radius 3 is 2.47 bits per heavy atom. The molecule has 1 aromatic heterocycles. The Balaban J connectivity index is 1.40. The van der Waals surface area contributed by atoms with Gasteiger partial charge in [-0.25, -0.2) is 9.78 Å². The number of hydrogen-bond acceptors (Lipinski definition) is 7. The standard InChI is InChI=1S/C24H29N3O5/c1-2-31-23(29)17-9-13-26(14-10-17)21(28)16-32-24(30)19-15-18-7-3-4-8-20(18)25-22(19)27-11-5-6-12-27/h3-4,7-8,15,17H,2,5-6,9-14,16H2,1H3. The van der Waals surface area contributed by atoms with Crippen LogP contribution in [0, 0.1) is 5.92 Å². The van der Waals surface area contributed by atoms with Gasteiger partial charge in [0.15, 0.2) is 6.61 Å². The average molecular weight is 440 g/mol. The van der Waals surface area contributed by atoms with Crippen LogP contribution in [-0.2, 0) is 19.1 Å². The Kier molecular flexibility index (Phi) is 6.87. The Morgan fingerprint density at radius 2 is 1.75 bits per heavy atom. The number of piperidine rings is 1. The number of nitrogens with zero attached hydrogens (tertiary/aromatic N) is 3. The van der Waals surface area contributed by atoms with Gasteiger partial charge in [0.2, 0.25) is 0 Å². The molecular formula is C24H29N3O5. The van der Waals surface area contributed by atoms with Crippen LogP contribution in [0.3, 0.4) is 0 Å². The molecule has 32 heavy (non-hydrogen) atoms. The third-order valence-corrected chi connectivity index (χ3v) is 6.12. The summed E-state index contributed by atoms with van der Waals surface area (Å²) in [6.07, 6.45) is 3.24. The fraction of sp³-hybridized carbons (Fsp3) is 0.500. The third-order valence-electron chi connectivity index (χ3n) is 6.12. The number of amides is 1. The molecule has 0 spiro atoms. The van der Waals surface area contributed by atoms with E-state index in [0.29, 0.717) is 43.9 Å². The second kappa shape index (κ2) is 9.97. The van der Waals surface area contributed by atoms with E-state index in [1.54, 1.807) is 17.9 Å². The lowest BCUT2D eigenvalue weighted by molar-refractivity contribution is -0.151. The molecule has 8 nitrogen and oxygen atoms in total. The minimum Gasteiger partial charge on any atom is -0.466 e.